The number of nitrogens with zero attached hydrogens (tertiary/aromatic N) is 3. The summed E-state index contributed by atoms with van der Waals surface area (Å²) in [5, 5.41) is 21.9. The number of unbranched alkanes of at least 4 members (excludes halogenated alkanes) is 8. The molecule has 2 N–H and O–H groups in total. The standard InChI is InChI=1S/C27H30FN5OS/c28-22-11-13-23(14-12-22)31-26(34)10-8-6-4-2-1-3-5-7-9-15-35-27-32-24-16-20(18-29)21(19-30)17-25(24)33-27/h11-14,16-17H,1-10,15H2,(H,31,34)(H,32,33). The Morgan fingerprint density at radius 1 is 0.914 bits per heavy atom. The average molecular weight is 492 g/mol. The number of benzene rings is 2. The van der Waals surface area contributed by atoms with Gasteiger partial charge in [0.1, 0.15) is 18.0 Å². The molecule has 182 valence electrons. The second kappa shape index (κ2) is 14.1. The summed E-state index contributed by atoms with van der Waals surface area (Å²) in [6.45, 7) is 0. The van der Waals surface area contributed by atoms with Gasteiger partial charge in [0.2, 0.25) is 5.91 Å². The molecule has 0 radical (unpaired) electrons. The molecule has 0 fully saturated rings. The fourth-order valence-electron chi connectivity index (χ4n) is 3.84. The van der Waals surface area contributed by atoms with Crippen LogP contribution in [0.25, 0.3) is 11.0 Å². The Morgan fingerprint density at radius 2 is 1.51 bits per heavy atom. The molecule has 1 amide bonds. The van der Waals surface area contributed by atoms with E-state index in [2.05, 4.69) is 15.3 Å². The Balaban J connectivity index is 1.17. The van der Waals surface area contributed by atoms with Crippen molar-refractivity contribution in [1.82, 2.24) is 9.97 Å². The number of hydrogen-bond acceptors (Lipinski definition) is 5. The number of H-pyrrole nitrogens is 1. The Morgan fingerprint density at radius 3 is 2.17 bits per heavy atom. The second-order valence-electron chi connectivity index (χ2n) is 8.52. The number of hydrogen-bond donors (Lipinski definition) is 2. The fraction of sp³-hybridized carbons (Fsp3) is 0.407. The van der Waals surface area contributed by atoms with Crippen molar-refractivity contribution in [3.8, 4) is 12.1 Å². The third-order valence-electron chi connectivity index (χ3n) is 5.76. The van der Waals surface area contributed by atoms with E-state index in [9.17, 15) is 9.18 Å². The largest absolute Gasteiger partial charge is 0.333 e. The Bertz CT molecular complexity index is 1140. The van der Waals surface area contributed by atoms with E-state index in [1.165, 1.54) is 44.2 Å². The topological polar surface area (TPSA) is 105 Å². The first-order valence-electron chi connectivity index (χ1n) is 12.1. The number of thioether (sulfide) groups is 1. The number of amides is 1. The molecule has 3 rings (SSSR count). The van der Waals surface area contributed by atoms with Crippen LogP contribution in [0, 0.1) is 28.5 Å². The molecule has 1 heterocycles. The highest BCUT2D eigenvalue weighted by molar-refractivity contribution is 7.99. The summed E-state index contributed by atoms with van der Waals surface area (Å²) >= 11 is 1.67. The van der Waals surface area contributed by atoms with Crippen molar-refractivity contribution >= 4 is 34.4 Å². The minimum atomic E-state index is -0.308. The lowest BCUT2D eigenvalue weighted by Crippen LogP contribution is -2.10. The Hall–Kier alpha value is -3.36. The number of fused-ring (bicyclic) bond motifs is 1. The Labute approximate surface area is 209 Å². The molecule has 0 aliphatic rings. The van der Waals surface area contributed by atoms with Gasteiger partial charge in [-0.15, -0.1) is 0 Å². The lowest BCUT2D eigenvalue weighted by molar-refractivity contribution is -0.116. The van der Waals surface area contributed by atoms with Crippen molar-refractivity contribution in [2.45, 2.75) is 69.4 Å². The van der Waals surface area contributed by atoms with Gasteiger partial charge in [0, 0.05) is 17.9 Å². The molecular formula is C27H30FN5OS. The highest BCUT2D eigenvalue weighted by Gasteiger charge is 2.09. The van der Waals surface area contributed by atoms with Crippen LogP contribution in [0.3, 0.4) is 0 Å². The summed E-state index contributed by atoms with van der Waals surface area (Å²) in [5.74, 6) is 0.657. The molecule has 0 unspecified atom stereocenters. The molecular weight excluding hydrogens is 461 g/mol. The van der Waals surface area contributed by atoms with E-state index in [0.29, 0.717) is 23.2 Å². The number of aromatic nitrogens is 2. The first kappa shape index (κ1) is 26.2. The zero-order chi connectivity index (χ0) is 24.9. The van der Waals surface area contributed by atoms with Crippen molar-refractivity contribution in [3.63, 3.8) is 0 Å². The molecule has 0 atom stereocenters. The normalized spacial score (nSPS) is 10.7. The molecule has 6 nitrogen and oxygen atoms in total. The predicted molar refractivity (Wildman–Crippen MR) is 137 cm³/mol. The lowest BCUT2D eigenvalue weighted by atomic mass is 10.1. The van der Waals surface area contributed by atoms with Crippen molar-refractivity contribution in [2.24, 2.45) is 0 Å². The van der Waals surface area contributed by atoms with E-state index < -0.39 is 0 Å². The van der Waals surface area contributed by atoms with Gasteiger partial charge in [-0.25, -0.2) is 9.37 Å². The molecule has 2 aromatic carbocycles. The first-order valence-corrected chi connectivity index (χ1v) is 13.1. The maximum Gasteiger partial charge on any atom is 0.224 e. The number of halogens is 1. The molecule has 0 aliphatic heterocycles. The van der Waals surface area contributed by atoms with E-state index in [1.54, 1.807) is 36.0 Å². The number of nitrogens with one attached hydrogen (secondary N) is 2. The van der Waals surface area contributed by atoms with Crippen LogP contribution in [0.4, 0.5) is 10.1 Å². The van der Waals surface area contributed by atoms with Gasteiger partial charge in [0.25, 0.3) is 0 Å². The van der Waals surface area contributed by atoms with Gasteiger partial charge in [0.05, 0.1) is 22.2 Å². The monoisotopic (exact) mass is 491 g/mol. The summed E-state index contributed by atoms with van der Waals surface area (Å²) in [7, 11) is 0. The quantitative estimate of drug-likeness (QED) is 0.185. The summed E-state index contributed by atoms with van der Waals surface area (Å²) in [4.78, 5) is 19.7. The predicted octanol–water partition coefficient (Wildman–Crippen LogP) is 7.08. The van der Waals surface area contributed by atoms with Crippen LogP contribution < -0.4 is 5.32 Å². The molecule has 35 heavy (non-hydrogen) atoms. The zero-order valence-electron chi connectivity index (χ0n) is 19.8. The third kappa shape index (κ3) is 8.73. The van der Waals surface area contributed by atoms with E-state index in [4.69, 9.17) is 10.5 Å². The van der Waals surface area contributed by atoms with Gasteiger partial charge in [-0.2, -0.15) is 10.5 Å². The van der Waals surface area contributed by atoms with E-state index in [-0.39, 0.29) is 11.7 Å². The van der Waals surface area contributed by atoms with Crippen LogP contribution in [0.1, 0.15) is 75.3 Å². The minimum Gasteiger partial charge on any atom is -0.333 e. The summed E-state index contributed by atoms with van der Waals surface area (Å²) in [6, 6.07) is 13.3. The maximum absolute atomic E-state index is 12.9. The molecule has 0 bridgehead atoms. The number of aromatic amines is 1. The highest BCUT2D eigenvalue weighted by Crippen LogP contribution is 2.23. The van der Waals surface area contributed by atoms with Gasteiger partial charge in [-0.05, 0) is 49.2 Å². The Kier molecular flexibility index (Phi) is 10.6. The molecule has 0 aliphatic carbocycles. The number of carbonyl (C=O) groups excluding carboxylic acids is 1. The van der Waals surface area contributed by atoms with Crippen LogP contribution in [0.2, 0.25) is 0 Å². The number of imidazole rings is 1. The first-order chi connectivity index (χ1) is 17.1. The van der Waals surface area contributed by atoms with Gasteiger partial charge < -0.3 is 10.3 Å². The fourth-order valence-corrected chi connectivity index (χ4v) is 4.72. The number of anilines is 1. The summed E-state index contributed by atoms with van der Waals surface area (Å²) in [6.07, 6.45) is 10.8. The van der Waals surface area contributed by atoms with Gasteiger partial charge in [0.15, 0.2) is 5.16 Å². The van der Waals surface area contributed by atoms with Crippen molar-refractivity contribution in [1.29, 1.82) is 10.5 Å². The van der Waals surface area contributed by atoms with E-state index >= 15 is 0 Å². The van der Waals surface area contributed by atoms with Crippen LogP contribution in [0.5, 0.6) is 0 Å². The number of nitriles is 2. The highest BCUT2D eigenvalue weighted by atomic mass is 32.2. The summed E-state index contributed by atoms with van der Waals surface area (Å²) < 4.78 is 12.9. The molecule has 0 saturated carbocycles. The molecule has 8 heteroatoms. The van der Waals surface area contributed by atoms with Crippen molar-refractivity contribution < 1.29 is 9.18 Å². The van der Waals surface area contributed by atoms with Crippen LogP contribution >= 0.6 is 11.8 Å². The third-order valence-corrected chi connectivity index (χ3v) is 6.71. The molecule has 0 spiro atoms. The zero-order valence-corrected chi connectivity index (χ0v) is 20.6. The van der Waals surface area contributed by atoms with Crippen LogP contribution in [-0.4, -0.2) is 21.6 Å². The van der Waals surface area contributed by atoms with Crippen molar-refractivity contribution in [3.05, 3.63) is 53.3 Å². The van der Waals surface area contributed by atoms with Gasteiger partial charge >= 0.3 is 0 Å². The van der Waals surface area contributed by atoms with Crippen LogP contribution in [-0.2, 0) is 4.79 Å². The lowest BCUT2D eigenvalue weighted by Gasteiger charge is -2.05. The smallest absolute Gasteiger partial charge is 0.224 e. The van der Waals surface area contributed by atoms with Crippen LogP contribution in [0.15, 0.2) is 41.6 Å². The van der Waals surface area contributed by atoms with E-state index in [1.807, 2.05) is 12.1 Å². The maximum atomic E-state index is 12.9. The summed E-state index contributed by atoms with van der Waals surface area (Å²) in [5.41, 5.74) is 2.87. The minimum absolute atomic E-state index is 0.0176. The number of rotatable bonds is 14. The average Bonchev–Trinajstić information content (AvgIpc) is 3.26. The second-order valence-corrected chi connectivity index (χ2v) is 9.60. The van der Waals surface area contributed by atoms with Gasteiger partial charge in [-0.3, -0.25) is 4.79 Å². The molecule has 0 saturated heterocycles. The molecule has 1 aromatic heterocycles. The van der Waals surface area contributed by atoms with E-state index in [0.717, 1.165) is 47.6 Å². The molecule has 3 aromatic rings. The number of carbonyl (C=O) groups is 1. The SMILES string of the molecule is N#Cc1cc2nc(SCCCCCCCCCCCC(=O)Nc3ccc(F)cc3)[nH]c2cc1C#N. The van der Waals surface area contributed by atoms with Crippen molar-refractivity contribution in [2.75, 3.05) is 11.1 Å². The van der Waals surface area contributed by atoms with Gasteiger partial charge in [-0.1, -0.05) is 56.7 Å².